The molecule has 0 saturated carbocycles. The molecule has 0 atom stereocenters. The van der Waals surface area contributed by atoms with E-state index < -0.39 is 0 Å². The van der Waals surface area contributed by atoms with Crippen LogP contribution < -0.4 is 10.2 Å². The third kappa shape index (κ3) is 4.83. The van der Waals surface area contributed by atoms with Crippen molar-refractivity contribution in [3.63, 3.8) is 0 Å². The van der Waals surface area contributed by atoms with Gasteiger partial charge in [-0.05, 0) is 24.1 Å². The summed E-state index contributed by atoms with van der Waals surface area (Å²) in [6.07, 6.45) is 1.78. The molecule has 0 amide bonds. The van der Waals surface area contributed by atoms with Gasteiger partial charge in [0.25, 0.3) is 0 Å². The highest BCUT2D eigenvalue weighted by molar-refractivity contribution is 6.31. The summed E-state index contributed by atoms with van der Waals surface area (Å²) >= 11 is 6.22. The fourth-order valence-electron chi connectivity index (χ4n) is 2.71. The first-order valence-electron chi connectivity index (χ1n) is 7.92. The molecular weight excluding hydrogens is 284 g/mol. The Labute approximate surface area is 133 Å². The molecule has 0 bridgehead atoms. The van der Waals surface area contributed by atoms with Crippen molar-refractivity contribution in [3.8, 4) is 0 Å². The number of hydrogen-bond donors (Lipinski definition) is 1. The van der Waals surface area contributed by atoms with Crippen LogP contribution in [0.2, 0.25) is 5.02 Å². The molecule has 1 saturated heterocycles. The lowest BCUT2D eigenvalue weighted by atomic mass is 10.2. The SMILES string of the molecule is CCNCc1cc(N2CCN(CC(C)C)CC2)ncc1Cl. The molecule has 1 aliphatic heterocycles. The van der Waals surface area contributed by atoms with Gasteiger partial charge in [0.05, 0.1) is 5.02 Å². The zero-order valence-corrected chi connectivity index (χ0v) is 14.2. The molecule has 1 fully saturated rings. The van der Waals surface area contributed by atoms with Gasteiger partial charge in [0, 0.05) is 45.5 Å². The molecule has 0 radical (unpaired) electrons. The summed E-state index contributed by atoms with van der Waals surface area (Å²) in [5.41, 5.74) is 1.13. The van der Waals surface area contributed by atoms with Crippen LogP contribution in [0.15, 0.2) is 12.3 Å². The normalized spacial score (nSPS) is 16.7. The van der Waals surface area contributed by atoms with Gasteiger partial charge in [0.1, 0.15) is 5.82 Å². The Balaban J connectivity index is 1.96. The molecule has 0 aromatic carbocycles. The van der Waals surface area contributed by atoms with Crippen LogP contribution in [0.4, 0.5) is 5.82 Å². The number of pyridine rings is 1. The monoisotopic (exact) mass is 310 g/mol. The van der Waals surface area contributed by atoms with Gasteiger partial charge in [-0.15, -0.1) is 0 Å². The van der Waals surface area contributed by atoms with Crippen molar-refractivity contribution < 1.29 is 0 Å². The van der Waals surface area contributed by atoms with Gasteiger partial charge in [0.15, 0.2) is 0 Å². The summed E-state index contributed by atoms with van der Waals surface area (Å²) in [7, 11) is 0. The summed E-state index contributed by atoms with van der Waals surface area (Å²) in [5.74, 6) is 1.79. The van der Waals surface area contributed by atoms with Crippen LogP contribution in [0, 0.1) is 5.92 Å². The minimum Gasteiger partial charge on any atom is -0.354 e. The second-order valence-electron chi connectivity index (χ2n) is 6.10. The molecule has 1 aromatic heterocycles. The molecule has 0 spiro atoms. The van der Waals surface area contributed by atoms with Gasteiger partial charge >= 0.3 is 0 Å². The first-order chi connectivity index (χ1) is 10.1. The number of anilines is 1. The molecule has 118 valence electrons. The highest BCUT2D eigenvalue weighted by Gasteiger charge is 2.19. The van der Waals surface area contributed by atoms with Crippen LogP contribution in [-0.4, -0.2) is 49.2 Å². The summed E-state index contributed by atoms with van der Waals surface area (Å²) in [6.45, 7) is 13.9. The van der Waals surface area contributed by atoms with E-state index >= 15 is 0 Å². The Morgan fingerprint density at radius 1 is 1.29 bits per heavy atom. The highest BCUT2D eigenvalue weighted by Crippen LogP contribution is 2.21. The van der Waals surface area contributed by atoms with E-state index in [1.807, 2.05) is 0 Å². The topological polar surface area (TPSA) is 31.4 Å². The van der Waals surface area contributed by atoms with E-state index in [2.05, 4.69) is 46.9 Å². The lowest BCUT2D eigenvalue weighted by molar-refractivity contribution is 0.231. The van der Waals surface area contributed by atoms with Crippen LogP contribution in [-0.2, 0) is 6.54 Å². The first kappa shape index (κ1) is 16.5. The van der Waals surface area contributed by atoms with Crippen molar-refractivity contribution in [1.29, 1.82) is 0 Å². The minimum absolute atomic E-state index is 0.733. The van der Waals surface area contributed by atoms with Crippen molar-refractivity contribution in [2.75, 3.05) is 44.2 Å². The molecule has 0 unspecified atom stereocenters. The molecule has 5 heteroatoms. The van der Waals surface area contributed by atoms with Crippen LogP contribution in [0.25, 0.3) is 0 Å². The molecule has 1 aromatic rings. The Bertz CT molecular complexity index is 442. The predicted octanol–water partition coefficient (Wildman–Crippen LogP) is 2.62. The van der Waals surface area contributed by atoms with Gasteiger partial charge < -0.3 is 10.2 Å². The lowest BCUT2D eigenvalue weighted by Crippen LogP contribution is -2.47. The number of piperazine rings is 1. The summed E-state index contributed by atoms with van der Waals surface area (Å²) < 4.78 is 0. The van der Waals surface area contributed by atoms with Crippen LogP contribution >= 0.6 is 11.6 Å². The largest absolute Gasteiger partial charge is 0.354 e. The van der Waals surface area contributed by atoms with Crippen LogP contribution in [0.3, 0.4) is 0 Å². The number of nitrogens with zero attached hydrogens (tertiary/aromatic N) is 3. The van der Waals surface area contributed by atoms with E-state index in [0.29, 0.717) is 0 Å². The lowest BCUT2D eigenvalue weighted by Gasteiger charge is -2.36. The standard InChI is InChI=1S/C16H27ClN4/c1-4-18-10-14-9-16(19-11-15(14)17)21-7-5-20(6-8-21)12-13(2)3/h9,11,13,18H,4-8,10,12H2,1-3H3. The maximum absolute atomic E-state index is 6.22. The quantitative estimate of drug-likeness (QED) is 0.875. The van der Waals surface area contributed by atoms with E-state index in [1.165, 1.54) is 6.54 Å². The minimum atomic E-state index is 0.733. The van der Waals surface area contributed by atoms with Gasteiger partial charge in [-0.25, -0.2) is 4.98 Å². The van der Waals surface area contributed by atoms with Crippen molar-refractivity contribution >= 4 is 17.4 Å². The predicted molar refractivity (Wildman–Crippen MR) is 90.1 cm³/mol. The van der Waals surface area contributed by atoms with Gasteiger partial charge in [-0.1, -0.05) is 32.4 Å². The van der Waals surface area contributed by atoms with E-state index in [4.69, 9.17) is 11.6 Å². The van der Waals surface area contributed by atoms with Crippen molar-refractivity contribution in [3.05, 3.63) is 22.8 Å². The van der Waals surface area contributed by atoms with Crippen LogP contribution in [0.1, 0.15) is 26.3 Å². The first-order valence-corrected chi connectivity index (χ1v) is 8.30. The second kappa shape index (κ2) is 7.97. The molecular formula is C16H27ClN4. The average Bonchev–Trinajstić information content (AvgIpc) is 2.47. The van der Waals surface area contributed by atoms with Crippen molar-refractivity contribution in [1.82, 2.24) is 15.2 Å². The fourth-order valence-corrected chi connectivity index (χ4v) is 2.88. The maximum Gasteiger partial charge on any atom is 0.128 e. The maximum atomic E-state index is 6.22. The molecule has 2 heterocycles. The molecule has 21 heavy (non-hydrogen) atoms. The highest BCUT2D eigenvalue weighted by atomic mass is 35.5. The van der Waals surface area contributed by atoms with E-state index in [1.54, 1.807) is 6.20 Å². The van der Waals surface area contributed by atoms with Crippen molar-refractivity contribution in [2.45, 2.75) is 27.3 Å². The van der Waals surface area contributed by atoms with Gasteiger partial charge in [0.2, 0.25) is 0 Å². The van der Waals surface area contributed by atoms with Gasteiger partial charge in [-0.3, -0.25) is 4.90 Å². The fraction of sp³-hybridized carbons (Fsp3) is 0.688. The van der Waals surface area contributed by atoms with Gasteiger partial charge in [-0.2, -0.15) is 0 Å². The molecule has 4 nitrogen and oxygen atoms in total. The van der Waals surface area contributed by atoms with E-state index in [9.17, 15) is 0 Å². The number of halogens is 1. The molecule has 1 aliphatic rings. The zero-order chi connectivity index (χ0) is 15.2. The Kier molecular flexibility index (Phi) is 6.27. The van der Waals surface area contributed by atoms with E-state index in [-0.39, 0.29) is 0 Å². The number of rotatable bonds is 6. The Hall–Kier alpha value is -0.840. The zero-order valence-electron chi connectivity index (χ0n) is 13.4. The molecule has 1 N–H and O–H groups in total. The third-order valence-corrected chi connectivity index (χ3v) is 4.15. The van der Waals surface area contributed by atoms with Crippen LogP contribution in [0.5, 0.6) is 0 Å². The molecule has 2 rings (SSSR count). The van der Waals surface area contributed by atoms with E-state index in [0.717, 1.165) is 61.6 Å². The Morgan fingerprint density at radius 2 is 2.00 bits per heavy atom. The average molecular weight is 311 g/mol. The summed E-state index contributed by atoms with van der Waals surface area (Å²) in [5, 5.41) is 4.07. The molecule has 0 aliphatic carbocycles. The summed E-state index contributed by atoms with van der Waals surface area (Å²) in [6, 6.07) is 2.13. The second-order valence-corrected chi connectivity index (χ2v) is 6.50. The Morgan fingerprint density at radius 3 is 2.62 bits per heavy atom. The number of nitrogens with one attached hydrogen (secondary N) is 1. The van der Waals surface area contributed by atoms with Crippen molar-refractivity contribution in [2.24, 2.45) is 5.92 Å². The third-order valence-electron chi connectivity index (χ3n) is 3.81. The smallest absolute Gasteiger partial charge is 0.128 e. The number of aromatic nitrogens is 1. The summed E-state index contributed by atoms with van der Waals surface area (Å²) in [4.78, 5) is 9.41. The number of hydrogen-bond acceptors (Lipinski definition) is 4.